The van der Waals surface area contributed by atoms with Crippen molar-refractivity contribution in [3.8, 4) is 0 Å². The quantitative estimate of drug-likeness (QED) is 0.663. The summed E-state index contributed by atoms with van der Waals surface area (Å²) in [5.74, 6) is -0.178. The molecule has 0 bridgehead atoms. The monoisotopic (exact) mass is 416 g/mol. The number of anilines is 2. The normalized spacial score (nSPS) is 13.8. The molecular weight excluding hydrogens is 400 g/mol. The van der Waals surface area contributed by atoms with E-state index < -0.39 is 0 Å². The van der Waals surface area contributed by atoms with Crippen molar-refractivity contribution in [1.29, 1.82) is 0 Å². The summed E-state index contributed by atoms with van der Waals surface area (Å²) in [5.41, 5.74) is 1.64. The van der Waals surface area contributed by atoms with E-state index >= 15 is 0 Å². The summed E-state index contributed by atoms with van der Waals surface area (Å²) in [6, 6.07) is 10.3. The van der Waals surface area contributed by atoms with E-state index in [1.165, 1.54) is 17.6 Å². The van der Waals surface area contributed by atoms with Crippen LogP contribution in [0.1, 0.15) is 21.1 Å². The van der Waals surface area contributed by atoms with Gasteiger partial charge >= 0.3 is 0 Å². The number of nitrogens with zero attached hydrogens (tertiary/aromatic N) is 2. The number of halogens is 1. The van der Waals surface area contributed by atoms with E-state index in [0.717, 1.165) is 23.5 Å². The average molecular weight is 417 g/mol. The molecule has 3 heterocycles. The molecule has 4 rings (SSSR count). The predicted octanol–water partition coefficient (Wildman–Crippen LogP) is 3.64. The molecule has 144 valence electrons. The summed E-state index contributed by atoms with van der Waals surface area (Å²) in [7, 11) is 0. The number of rotatable bonds is 5. The van der Waals surface area contributed by atoms with Crippen LogP contribution in [0.5, 0.6) is 0 Å². The van der Waals surface area contributed by atoms with Gasteiger partial charge in [-0.15, -0.1) is 11.3 Å². The maximum absolute atomic E-state index is 12.3. The zero-order valence-electron chi connectivity index (χ0n) is 14.8. The van der Waals surface area contributed by atoms with E-state index in [9.17, 15) is 9.59 Å². The molecule has 1 aromatic carbocycles. The van der Waals surface area contributed by atoms with Gasteiger partial charge in [0.1, 0.15) is 0 Å². The zero-order chi connectivity index (χ0) is 19.5. The third-order valence-electron chi connectivity index (χ3n) is 4.25. The van der Waals surface area contributed by atoms with Gasteiger partial charge in [0.25, 0.3) is 5.91 Å². The first kappa shape index (κ1) is 18.7. The Morgan fingerprint density at radius 1 is 1.25 bits per heavy atom. The highest BCUT2D eigenvalue weighted by atomic mass is 35.5. The van der Waals surface area contributed by atoms with Crippen molar-refractivity contribution < 1.29 is 14.0 Å². The number of fused-ring (bicyclic) bond motifs is 1. The molecule has 0 saturated carbocycles. The van der Waals surface area contributed by atoms with Crippen LogP contribution < -0.4 is 10.6 Å². The van der Waals surface area contributed by atoms with E-state index in [-0.39, 0.29) is 24.1 Å². The molecule has 3 aromatic rings. The fourth-order valence-electron chi connectivity index (χ4n) is 2.97. The molecule has 0 spiro atoms. The van der Waals surface area contributed by atoms with E-state index in [1.54, 1.807) is 36.4 Å². The molecule has 2 aromatic heterocycles. The van der Waals surface area contributed by atoms with Crippen LogP contribution in [0.2, 0.25) is 5.02 Å². The third-order valence-corrected chi connectivity index (χ3v) is 5.48. The summed E-state index contributed by atoms with van der Waals surface area (Å²) >= 11 is 7.37. The Balaban J connectivity index is 1.35. The van der Waals surface area contributed by atoms with Crippen molar-refractivity contribution in [2.45, 2.75) is 13.0 Å². The first-order valence-corrected chi connectivity index (χ1v) is 9.87. The van der Waals surface area contributed by atoms with Gasteiger partial charge in [0, 0.05) is 35.1 Å². The number of amides is 2. The van der Waals surface area contributed by atoms with Gasteiger partial charge in [-0.25, -0.2) is 4.98 Å². The van der Waals surface area contributed by atoms with E-state index in [1.807, 2.05) is 0 Å². The molecule has 0 atom stereocenters. The second-order valence-electron chi connectivity index (χ2n) is 6.34. The van der Waals surface area contributed by atoms with Crippen LogP contribution in [0.25, 0.3) is 0 Å². The molecule has 2 amide bonds. The van der Waals surface area contributed by atoms with E-state index in [2.05, 4.69) is 20.5 Å². The maximum atomic E-state index is 12.3. The number of carbonyl (C=O) groups is 2. The Morgan fingerprint density at radius 2 is 2.14 bits per heavy atom. The van der Waals surface area contributed by atoms with Crippen LogP contribution in [0.4, 0.5) is 10.8 Å². The number of benzene rings is 1. The summed E-state index contributed by atoms with van der Waals surface area (Å²) in [5, 5.41) is 6.73. The smallest absolute Gasteiger partial charge is 0.293 e. The van der Waals surface area contributed by atoms with Crippen molar-refractivity contribution in [3.05, 3.63) is 64.0 Å². The lowest BCUT2D eigenvalue weighted by molar-refractivity contribution is -0.117. The molecule has 7 nitrogen and oxygen atoms in total. The number of hydrogen-bond acceptors (Lipinski definition) is 6. The number of furan rings is 1. The van der Waals surface area contributed by atoms with Crippen molar-refractivity contribution in [2.75, 3.05) is 23.7 Å². The van der Waals surface area contributed by atoms with Gasteiger partial charge < -0.3 is 9.73 Å². The summed E-state index contributed by atoms with van der Waals surface area (Å²) < 4.78 is 5.09. The largest absolute Gasteiger partial charge is 0.459 e. The highest BCUT2D eigenvalue weighted by Crippen LogP contribution is 2.28. The molecule has 1 aliphatic rings. The van der Waals surface area contributed by atoms with Crippen LogP contribution >= 0.6 is 22.9 Å². The molecule has 0 radical (unpaired) electrons. The van der Waals surface area contributed by atoms with E-state index in [0.29, 0.717) is 22.4 Å². The molecule has 2 N–H and O–H groups in total. The maximum Gasteiger partial charge on any atom is 0.293 e. The van der Waals surface area contributed by atoms with Gasteiger partial charge in [0.15, 0.2) is 10.9 Å². The minimum Gasteiger partial charge on any atom is -0.459 e. The van der Waals surface area contributed by atoms with Gasteiger partial charge in [-0.2, -0.15) is 0 Å². The van der Waals surface area contributed by atoms with Crippen LogP contribution in [-0.2, 0) is 17.8 Å². The summed E-state index contributed by atoms with van der Waals surface area (Å²) in [6.45, 7) is 1.62. The minimum atomic E-state index is -0.325. The van der Waals surface area contributed by atoms with Crippen LogP contribution in [0.3, 0.4) is 0 Å². The second-order valence-corrected chi connectivity index (χ2v) is 7.86. The Hall–Kier alpha value is -2.68. The minimum absolute atomic E-state index is 0.0958. The Labute approximate surface area is 170 Å². The Kier molecular flexibility index (Phi) is 5.43. The topological polar surface area (TPSA) is 87.5 Å². The molecule has 0 unspecified atom stereocenters. The van der Waals surface area contributed by atoms with Crippen molar-refractivity contribution in [2.24, 2.45) is 0 Å². The van der Waals surface area contributed by atoms with Crippen molar-refractivity contribution in [1.82, 2.24) is 9.88 Å². The average Bonchev–Trinajstić information content (AvgIpc) is 3.30. The highest BCUT2D eigenvalue weighted by molar-refractivity contribution is 7.15. The molecular formula is C19H17ClN4O3S. The van der Waals surface area contributed by atoms with Crippen molar-refractivity contribution >= 4 is 45.6 Å². The number of aromatic nitrogens is 1. The number of nitrogens with one attached hydrogen (secondary N) is 2. The second kappa shape index (κ2) is 8.14. The van der Waals surface area contributed by atoms with Gasteiger partial charge in [0.05, 0.1) is 18.5 Å². The van der Waals surface area contributed by atoms with Crippen molar-refractivity contribution in [3.63, 3.8) is 0 Å². The predicted molar refractivity (Wildman–Crippen MR) is 108 cm³/mol. The third kappa shape index (κ3) is 4.41. The van der Waals surface area contributed by atoms with Crippen LogP contribution in [0, 0.1) is 0 Å². The lowest BCUT2D eigenvalue weighted by atomic mass is 10.2. The Bertz CT molecular complexity index is 1000. The zero-order valence-corrected chi connectivity index (χ0v) is 16.3. The standard InChI is InChI=1S/C19H17ClN4O3S/c20-12-3-1-4-13(9-12)21-17(25)11-24-7-6-14-16(10-24)28-19(22-14)23-18(26)15-5-2-8-27-15/h1-5,8-9H,6-7,10-11H2,(H,21,25)(H,22,23,26). The van der Waals surface area contributed by atoms with Gasteiger partial charge in [-0.1, -0.05) is 17.7 Å². The molecule has 0 aliphatic carbocycles. The summed E-state index contributed by atoms with van der Waals surface area (Å²) in [4.78, 5) is 32.0. The fourth-order valence-corrected chi connectivity index (χ4v) is 4.21. The number of hydrogen-bond donors (Lipinski definition) is 2. The first-order chi connectivity index (χ1) is 13.6. The lowest BCUT2D eigenvalue weighted by Gasteiger charge is -2.25. The first-order valence-electron chi connectivity index (χ1n) is 8.68. The van der Waals surface area contributed by atoms with Gasteiger partial charge in [0.2, 0.25) is 5.91 Å². The van der Waals surface area contributed by atoms with Crippen LogP contribution in [-0.4, -0.2) is 34.8 Å². The fraction of sp³-hybridized carbons (Fsp3) is 0.211. The van der Waals surface area contributed by atoms with Gasteiger partial charge in [-0.05, 0) is 30.3 Å². The highest BCUT2D eigenvalue weighted by Gasteiger charge is 2.23. The molecule has 0 saturated heterocycles. The molecule has 0 fully saturated rings. The van der Waals surface area contributed by atoms with Crippen LogP contribution in [0.15, 0.2) is 47.1 Å². The number of thiazole rings is 1. The summed E-state index contributed by atoms with van der Waals surface area (Å²) in [6.07, 6.45) is 2.18. The SMILES string of the molecule is O=C(CN1CCc2nc(NC(=O)c3ccco3)sc2C1)Nc1cccc(Cl)c1. The molecule has 28 heavy (non-hydrogen) atoms. The van der Waals surface area contributed by atoms with Gasteiger partial charge in [-0.3, -0.25) is 19.8 Å². The lowest BCUT2D eigenvalue weighted by Crippen LogP contribution is -2.36. The molecule has 9 heteroatoms. The number of carbonyl (C=O) groups excluding carboxylic acids is 2. The Morgan fingerprint density at radius 3 is 2.93 bits per heavy atom. The molecule has 1 aliphatic heterocycles. The van der Waals surface area contributed by atoms with E-state index in [4.69, 9.17) is 16.0 Å².